The van der Waals surface area contributed by atoms with Crippen LogP contribution in [0.5, 0.6) is 0 Å². The monoisotopic (exact) mass is 298 g/mol. The van der Waals surface area contributed by atoms with Gasteiger partial charge in [0.25, 0.3) is 5.91 Å². The van der Waals surface area contributed by atoms with Crippen LogP contribution in [0.3, 0.4) is 0 Å². The highest BCUT2D eigenvalue weighted by Gasteiger charge is 2.31. The van der Waals surface area contributed by atoms with Crippen molar-refractivity contribution in [3.63, 3.8) is 0 Å². The van der Waals surface area contributed by atoms with Crippen LogP contribution in [0, 0.1) is 5.82 Å². The van der Waals surface area contributed by atoms with Gasteiger partial charge in [-0.2, -0.15) is 9.78 Å². The molecule has 0 N–H and O–H groups in total. The molecule has 0 amide bonds. The topological polar surface area (TPSA) is 34.9 Å². The Morgan fingerprint density at radius 1 is 1.10 bits per heavy atom. The Labute approximate surface area is 124 Å². The SMILES string of the molecule is O=C1c2cccc(F)c2-c2cc(-c3ccc(Cl)cc3)nn21. The number of aromatic nitrogens is 2. The molecule has 1 aliphatic rings. The summed E-state index contributed by atoms with van der Waals surface area (Å²) in [7, 11) is 0. The lowest BCUT2D eigenvalue weighted by molar-refractivity contribution is 0.0955. The zero-order valence-corrected chi connectivity index (χ0v) is 11.4. The third-order valence-corrected chi connectivity index (χ3v) is 3.79. The Hall–Kier alpha value is -2.46. The van der Waals surface area contributed by atoms with Crippen LogP contribution < -0.4 is 0 Å². The number of fused-ring (bicyclic) bond motifs is 3. The van der Waals surface area contributed by atoms with Crippen molar-refractivity contribution in [3.8, 4) is 22.5 Å². The first-order valence-corrected chi connectivity index (χ1v) is 6.72. The quantitative estimate of drug-likeness (QED) is 0.532. The molecular weight excluding hydrogens is 291 g/mol. The minimum absolute atomic E-state index is 0.306. The van der Waals surface area contributed by atoms with Crippen molar-refractivity contribution in [1.29, 1.82) is 0 Å². The van der Waals surface area contributed by atoms with E-state index < -0.39 is 5.82 Å². The summed E-state index contributed by atoms with van der Waals surface area (Å²) < 4.78 is 15.2. The van der Waals surface area contributed by atoms with Crippen LogP contribution in [-0.2, 0) is 0 Å². The molecule has 102 valence electrons. The molecule has 0 fully saturated rings. The second kappa shape index (κ2) is 4.27. The van der Waals surface area contributed by atoms with Gasteiger partial charge in [0.1, 0.15) is 5.82 Å². The number of benzene rings is 2. The van der Waals surface area contributed by atoms with Gasteiger partial charge in [-0.05, 0) is 30.3 Å². The fraction of sp³-hybridized carbons (Fsp3) is 0. The third-order valence-electron chi connectivity index (χ3n) is 3.54. The van der Waals surface area contributed by atoms with Gasteiger partial charge in [0.15, 0.2) is 0 Å². The van der Waals surface area contributed by atoms with E-state index in [1.807, 2.05) is 12.1 Å². The summed E-state index contributed by atoms with van der Waals surface area (Å²) in [6.45, 7) is 0. The molecule has 2 heterocycles. The first-order chi connectivity index (χ1) is 10.1. The van der Waals surface area contributed by atoms with Crippen LogP contribution in [0.1, 0.15) is 10.4 Å². The Morgan fingerprint density at radius 3 is 2.62 bits per heavy atom. The highest BCUT2D eigenvalue weighted by Crippen LogP contribution is 2.36. The summed E-state index contributed by atoms with van der Waals surface area (Å²) in [4.78, 5) is 12.3. The van der Waals surface area contributed by atoms with E-state index in [0.29, 0.717) is 27.5 Å². The maximum absolute atomic E-state index is 14.0. The normalized spacial score (nSPS) is 12.4. The van der Waals surface area contributed by atoms with E-state index in [0.717, 1.165) is 5.56 Å². The van der Waals surface area contributed by atoms with E-state index in [-0.39, 0.29) is 5.91 Å². The lowest BCUT2D eigenvalue weighted by atomic mass is 10.1. The number of halogens is 2. The maximum Gasteiger partial charge on any atom is 0.279 e. The lowest BCUT2D eigenvalue weighted by Gasteiger charge is -1.99. The molecule has 1 aliphatic heterocycles. The average molecular weight is 299 g/mol. The molecule has 0 saturated carbocycles. The molecule has 5 heteroatoms. The molecule has 0 unspecified atom stereocenters. The standard InChI is InChI=1S/C16H8ClFN2O/c17-10-6-4-9(5-7-10)13-8-14-15-11(2-1-3-12(15)18)16(21)20(14)19-13/h1-8H. The molecule has 0 saturated heterocycles. The lowest BCUT2D eigenvalue weighted by Crippen LogP contribution is -2.08. The average Bonchev–Trinajstić information content (AvgIpc) is 3.01. The van der Waals surface area contributed by atoms with Crippen LogP contribution in [-0.4, -0.2) is 15.7 Å². The molecule has 0 spiro atoms. The Kier molecular flexibility index (Phi) is 2.50. The fourth-order valence-electron chi connectivity index (χ4n) is 2.55. The van der Waals surface area contributed by atoms with Gasteiger partial charge in [-0.1, -0.05) is 29.8 Å². The largest absolute Gasteiger partial charge is 0.279 e. The number of rotatable bonds is 1. The minimum Gasteiger partial charge on any atom is -0.267 e. The van der Waals surface area contributed by atoms with Crippen molar-refractivity contribution in [3.05, 3.63) is 64.9 Å². The van der Waals surface area contributed by atoms with Crippen molar-refractivity contribution in [2.45, 2.75) is 0 Å². The zero-order valence-electron chi connectivity index (χ0n) is 10.7. The third kappa shape index (κ3) is 1.73. The number of hydrogen-bond acceptors (Lipinski definition) is 2. The molecule has 21 heavy (non-hydrogen) atoms. The summed E-state index contributed by atoms with van der Waals surface area (Å²) in [5.41, 5.74) is 2.59. The summed E-state index contributed by atoms with van der Waals surface area (Å²) in [6, 6.07) is 13.3. The van der Waals surface area contributed by atoms with E-state index in [1.165, 1.54) is 16.8 Å². The van der Waals surface area contributed by atoms with Gasteiger partial charge in [0.05, 0.1) is 17.0 Å². The molecule has 0 atom stereocenters. The van der Waals surface area contributed by atoms with E-state index in [9.17, 15) is 9.18 Å². The molecule has 0 bridgehead atoms. The first kappa shape index (κ1) is 12.3. The summed E-state index contributed by atoms with van der Waals surface area (Å²) in [5.74, 6) is -0.720. The number of carbonyl (C=O) groups is 1. The van der Waals surface area contributed by atoms with Gasteiger partial charge < -0.3 is 0 Å². The van der Waals surface area contributed by atoms with Crippen LogP contribution in [0.2, 0.25) is 5.02 Å². The van der Waals surface area contributed by atoms with Gasteiger partial charge in [0, 0.05) is 16.1 Å². The smallest absolute Gasteiger partial charge is 0.267 e. The molecule has 0 radical (unpaired) electrons. The van der Waals surface area contributed by atoms with E-state index in [2.05, 4.69) is 5.10 Å². The van der Waals surface area contributed by atoms with Gasteiger partial charge >= 0.3 is 0 Å². The Balaban J connectivity index is 1.91. The van der Waals surface area contributed by atoms with Crippen LogP contribution in [0.4, 0.5) is 4.39 Å². The van der Waals surface area contributed by atoms with Crippen molar-refractivity contribution in [2.75, 3.05) is 0 Å². The number of nitrogens with zero attached hydrogens (tertiary/aromatic N) is 2. The van der Waals surface area contributed by atoms with Gasteiger partial charge in [-0.15, -0.1) is 0 Å². The zero-order chi connectivity index (χ0) is 14.6. The fourth-order valence-corrected chi connectivity index (χ4v) is 2.68. The van der Waals surface area contributed by atoms with Crippen LogP contribution in [0.25, 0.3) is 22.5 Å². The van der Waals surface area contributed by atoms with Crippen molar-refractivity contribution >= 4 is 17.5 Å². The summed E-state index contributed by atoms with van der Waals surface area (Å²) >= 11 is 5.86. The molecule has 4 rings (SSSR count). The number of hydrogen-bond donors (Lipinski definition) is 0. The maximum atomic E-state index is 14.0. The van der Waals surface area contributed by atoms with E-state index >= 15 is 0 Å². The summed E-state index contributed by atoms with van der Waals surface area (Å²) in [5, 5.41) is 4.91. The summed E-state index contributed by atoms with van der Waals surface area (Å²) in [6.07, 6.45) is 0. The van der Waals surface area contributed by atoms with Crippen LogP contribution in [0.15, 0.2) is 48.5 Å². The molecular formula is C16H8ClFN2O. The highest BCUT2D eigenvalue weighted by molar-refractivity contribution is 6.30. The second-order valence-corrected chi connectivity index (χ2v) is 5.24. The predicted octanol–water partition coefficient (Wildman–Crippen LogP) is 4.01. The molecule has 3 nitrogen and oxygen atoms in total. The van der Waals surface area contributed by atoms with Crippen molar-refractivity contribution in [2.24, 2.45) is 0 Å². The number of carbonyl (C=O) groups excluding carboxylic acids is 1. The Bertz CT molecular complexity index is 884. The highest BCUT2D eigenvalue weighted by atomic mass is 35.5. The first-order valence-electron chi connectivity index (χ1n) is 6.35. The minimum atomic E-state index is -0.415. The predicted molar refractivity (Wildman–Crippen MR) is 77.8 cm³/mol. The van der Waals surface area contributed by atoms with Crippen molar-refractivity contribution < 1.29 is 9.18 Å². The van der Waals surface area contributed by atoms with Gasteiger partial charge in [0.2, 0.25) is 0 Å². The van der Waals surface area contributed by atoms with Gasteiger partial charge in [-0.3, -0.25) is 4.79 Å². The van der Waals surface area contributed by atoms with E-state index in [4.69, 9.17) is 11.6 Å². The molecule has 1 aromatic heterocycles. The van der Waals surface area contributed by atoms with Crippen molar-refractivity contribution in [1.82, 2.24) is 9.78 Å². The Morgan fingerprint density at radius 2 is 1.86 bits per heavy atom. The molecule has 0 aliphatic carbocycles. The second-order valence-electron chi connectivity index (χ2n) is 4.80. The van der Waals surface area contributed by atoms with Crippen LogP contribution >= 0.6 is 11.6 Å². The molecule has 3 aromatic rings. The molecule has 2 aromatic carbocycles. The van der Waals surface area contributed by atoms with E-state index in [1.54, 1.807) is 24.3 Å². The van der Waals surface area contributed by atoms with Gasteiger partial charge in [-0.25, -0.2) is 4.39 Å².